The van der Waals surface area contributed by atoms with Crippen LogP contribution < -0.4 is 10.6 Å². The van der Waals surface area contributed by atoms with Gasteiger partial charge in [0.05, 0.1) is 11.7 Å². The summed E-state index contributed by atoms with van der Waals surface area (Å²) < 4.78 is 1.97. The number of hydrogen-bond donors (Lipinski definition) is 3. The van der Waals surface area contributed by atoms with Crippen LogP contribution in [0.5, 0.6) is 0 Å². The van der Waals surface area contributed by atoms with E-state index in [1.54, 1.807) is 6.20 Å². The van der Waals surface area contributed by atoms with E-state index in [1.807, 2.05) is 42.7 Å². The summed E-state index contributed by atoms with van der Waals surface area (Å²) in [6.45, 7) is 5.68. The van der Waals surface area contributed by atoms with E-state index in [-0.39, 0.29) is 11.8 Å². The van der Waals surface area contributed by atoms with Gasteiger partial charge in [0.25, 0.3) is 5.91 Å². The van der Waals surface area contributed by atoms with Gasteiger partial charge in [0, 0.05) is 43.1 Å². The minimum Gasteiger partial charge on any atom is -0.391 e. The molecule has 0 radical (unpaired) electrons. The second-order valence-corrected chi connectivity index (χ2v) is 6.00. The zero-order chi connectivity index (χ0) is 16.4. The molecule has 23 heavy (non-hydrogen) atoms. The van der Waals surface area contributed by atoms with E-state index in [2.05, 4.69) is 15.6 Å². The summed E-state index contributed by atoms with van der Waals surface area (Å²) in [6, 6.07) is 7.59. The molecule has 1 saturated heterocycles. The van der Waals surface area contributed by atoms with E-state index in [0.29, 0.717) is 18.7 Å². The topological polar surface area (TPSA) is 79.2 Å². The lowest BCUT2D eigenvalue weighted by atomic mass is 10.1. The molecule has 122 valence electrons. The first-order valence-corrected chi connectivity index (χ1v) is 7.85. The summed E-state index contributed by atoms with van der Waals surface area (Å²) in [7, 11) is 0. The van der Waals surface area contributed by atoms with Crippen LogP contribution in [0.15, 0.2) is 30.5 Å². The van der Waals surface area contributed by atoms with Gasteiger partial charge in [0.15, 0.2) is 0 Å². The zero-order valence-corrected chi connectivity index (χ0v) is 13.4. The average molecular weight is 314 g/mol. The van der Waals surface area contributed by atoms with Gasteiger partial charge in [-0.15, -0.1) is 0 Å². The highest BCUT2D eigenvalue weighted by molar-refractivity contribution is 5.95. The van der Waals surface area contributed by atoms with Gasteiger partial charge in [-0.05, 0) is 32.0 Å². The number of amides is 1. The molecular weight excluding hydrogens is 292 g/mol. The van der Waals surface area contributed by atoms with E-state index in [4.69, 9.17) is 0 Å². The molecule has 3 rings (SSSR count). The maximum Gasteiger partial charge on any atom is 0.253 e. The summed E-state index contributed by atoms with van der Waals surface area (Å²) in [5, 5.41) is 15.8. The lowest BCUT2D eigenvalue weighted by Gasteiger charge is -2.14. The SMILES string of the molecule is Cc1cc(C(=O)NCC2CNCC2O)c(C)n1-c1ccccn1. The van der Waals surface area contributed by atoms with Crippen molar-refractivity contribution in [3.05, 3.63) is 47.4 Å². The molecule has 0 aromatic carbocycles. The number of pyridine rings is 1. The van der Waals surface area contributed by atoms with Gasteiger partial charge < -0.3 is 20.3 Å². The molecule has 0 saturated carbocycles. The number of nitrogens with zero attached hydrogens (tertiary/aromatic N) is 2. The largest absolute Gasteiger partial charge is 0.391 e. The standard InChI is InChI=1S/C17H22N4O2/c1-11-7-14(12(2)21(11)16-5-3-4-6-19-16)17(23)20-9-13-8-18-10-15(13)22/h3-7,13,15,18,22H,8-10H2,1-2H3,(H,20,23). The summed E-state index contributed by atoms with van der Waals surface area (Å²) >= 11 is 0. The Balaban J connectivity index is 1.77. The number of rotatable bonds is 4. The van der Waals surface area contributed by atoms with Gasteiger partial charge in [-0.25, -0.2) is 4.98 Å². The fraction of sp³-hybridized carbons (Fsp3) is 0.412. The number of aliphatic hydroxyl groups is 1. The lowest BCUT2D eigenvalue weighted by molar-refractivity contribution is 0.0926. The molecule has 2 unspecified atom stereocenters. The van der Waals surface area contributed by atoms with E-state index in [9.17, 15) is 9.90 Å². The molecule has 6 heteroatoms. The normalized spacial score (nSPS) is 20.7. The van der Waals surface area contributed by atoms with Crippen molar-refractivity contribution in [1.82, 2.24) is 20.2 Å². The molecule has 3 N–H and O–H groups in total. The first-order chi connectivity index (χ1) is 11.1. The summed E-state index contributed by atoms with van der Waals surface area (Å²) in [4.78, 5) is 16.8. The fourth-order valence-corrected chi connectivity index (χ4v) is 3.08. The van der Waals surface area contributed by atoms with Crippen molar-refractivity contribution in [3.63, 3.8) is 0 Å². The molecule has 1 amide bonds. The van der Waals surface area contributed by atoms with Crippen molar-refractivity contribution in [2.75, 3.05) is 19.6 Å². The smallest absolute Gasteiger partial charge is 0.253 e. The Morgan fingerprint density at radius 2 is 2.26 bits per heavy atom. The van der Waals surface area contributed by atoms with Crippen molar-refractivity contribution < 1.29 is 9.90 Å². The molecule has 1 aliphatic heterocycles. The van der Waals surface area contributed by atoms with Crippen LogP contribution in [-0.2, 0) is 0 Å². The predicted molar refractivity (Wildman–Crippen MR) is 87.7 cm³/mol. The van der Waals surface area contributed by atoms with Crippen LogP contribution >= 0.6 is 0 Å². The van der Waals surface area contributed by atoms with Crippen LogP contribution in [0.3, 0.4) is 0 Å². The van der Waals surface area contributed by atoms with Crippen molar-refractivity contribution in [2.45, 2.75) is 20.0 Å². The molecular formula is C17H22N4O2. The predicted octanol–water partition coefficient (Wildman–Crippen LogP) is 0.799. The second-order valence-electron chi connectivity index (χ2n) is 6.00. The summed E-state index contributed by atoms with van der Waals surface area (Å²) in [6.07, 6.45) is 1.35. The Morgan fingerprint density at radius 3 is 2.91 bits per heavy atom. The Kier molecular flexibility index (Phi) is 4.45. The highest BCUT2D eigenvalue weighted by Crippen LogP contribution is 2.19. The first kappa shape index (κ1) is 15.7. The molecule has 0 spiro atoms. The van der Waals surface area contributed by atoms with Crippen LogP contribution in [-0.4, -0.2) is 46.3 Å². The number of hydrogen-bond acceptors (Lipinski definition) is 4. The lowest BCUT2D eigenvalue weighted by Crippen LogP contribution is -2.34. The number of β-amino-alcohol motifs (C(OH)–C–C–N with tert-alkyl or cyclic N) is 1. The minimum absolute atomic E-state index is 0.0678. The molecule has 1 aliphatic rings. The van der Waals surface area contributed by atoms with Crippen molar-refractivity contribution >= 4 is 5.91 Å². The maximum atomic E-state index is 12.5. The molecule has 6 nitrogen and oxygen atoms in total. The number of carbonyl (C=O) groups excluding carboxylic acids is 1. The molecule has 2 aromatic rings. The van der Waals surface area contributed by atoms with E-state index >= 15 is 0 Å². The first-order valence-electron chi connectivity index (χ1n) is 7.85. The highest BCUT2D eigenvalue weighted by Gasteiger charge is 2.26. The Labute approximate surface area is 135 Å². The molecule has 2 aromatic heterocycles. The third-order valence-electron chi connectivity index (χ3n) is 4.38. The van der Waals surface area contributed by atoms with Gasteiger partial charge in [-0.2, -0.15) is 0 Å². The third-order valence-corrected chi connectivity index (χ3v) is 4.38. The van der Waals surface area contributed by atoms with Crippen LogP contribution in [0.2, 0.25) is 0 Å². The average Bonchev–Trinajstić information content (AvgIpc) is 3.09. The molecule has 0 aliphatic carbocycles. The van der Waals surface area contributed by atoms with E-state index in [1.165, 1.54) is 0 Å². The van der Waals surface area contributed by atoms with Gasteiger partial charge in [-0.1, -0.05) is 6.07 Å². The number of carbonyl (C=O) groups is 1. The minimum atomic E-state index is -0.392. The zero-order valence-electron chi connectivity index (χ0n) is 13.4. The monoisotopic (exact) mass is 314 g/mol. The Hall–Kier alpha value is -2.18. The van der Waals surface area contributed by atoms with E-state index in [0.717, 1.165) is 23.8 Å². The number of nitrogens with one attached hydrogen (secondary N) is 2. The van der Waals surface area contributed by atoms with Gasteiger partial charge in [-0.3, -0.25) is 4.79 Å². The van der Waals surface area contributed by atoms with Crippen molar-refractivity contribution in [2.24, 2.45) is 5.92 Å². The Bertz CT molecular complexity index is 696. The van der Waals surface area contributed by atoms with Crippen molar-refractivity contribution in [1.29, 1.82) is 0 Å². The third kappa shape index (κ3) is 3.13. The van der Waals surface area contributed by atoms with Crippen LogP contribution in [0.25, 0.3) is 5.82 Å². The van der Waals surface area contributed by atoms with Crippen LogP contribution in [0.1, 0.15) is 21.7 Å². The van der Waals surface area contributed by atoms with Gasteiger partial charge in [0.1, 0.15) is 5.82 Å². The van der Waals surface area contributed by atoms with Crippen molar-refractivity contribution in [3.8, 4) is 5.82 Å². The number of aromatic nitrogens is 2. The number of aliphatic hydroxyl groups excluding tert-OH is 1. The highest BCUT2D eigenvalue weighted by atomic mass is 16.3. The Morgan fingerprint density at radius 1 is 1.43 bits per heavy atom. The maximum absolute atomic E-state index is 12.5. The summed E-state index contributed by atoms with van der Waals surface area (Å²) in [5.41, 5.74) is 2.48. The quantitative estimate of drug-likeness (QED) is 0.780. The van der Waals surface area contributed by atoms with Gasteiger partial charge >= 0.3 is 0 Å². The number of aryl methyl sites for hydroxylation is 1. The van der Waals surface area contributed by atoms with Gasteiger partial charge in [0.2, 0.25) is 0 Å². The van der Waals surface area contributed by atoms with Crippen LogP contribution in [0.4, 0.5) is 0 Å². The second kappa shape index (κ2) is 6.52. The fourth-order valence-electron chi connectivity index (χ4n) is 3.08. The molecule has 2 atom stereocenters. The molecule has 3 heterocycles. The molecule has 0 bridgehead atoms. The summed E-state index contributed by atoms with van der Waals surface area (Å²) in [5.74, 6) is 0.759. The van der Waals surface area contributed by atoms with E-state index < -0.39 is 6.10 Å². The molecule has 1 fully saturated rings. The van der Waals surface area contributed by atoms with Crippen LogP contribution in [0, 0.1) is 19.8 Å².